The van der Waals surface area contributed by atoms with E-state index in [-0.39, 0.29) is 47.5 Å². The maximum Gasteiger partial charge on any atom is 0.260 e. The normalized spacial score (nSPS) is 25.8. The fourth-order valence-corrected chi connectivity index (χ4v) is 5.26. The third kappa shape index (κ3) is 3.40. The van der Waals surface area contributed by atoms with Gasteiger partial charge in [-0.2, -0.15) is 4.98 Å². The fourth-order valence-electron chi connectivity index (χ4n) is 5.13. The van der Waals surface area contributed by atoms with Gasteiger partial charge in [0.2, 0.25) is 17.8 Å². The van der Waals surface area contributed by atoms with Gasteiger partial charge in [0.1, 0.15) is 5.82 Å². The minimum absolute atomic E-state index is 0.0794. The van der Waals surface area contributed by atoms with Crippen molar-refractivity contribution in [1.29, 1.82) is 0 Å². The Kier molecular flexibility index (Phi) is 4.99. The highest BCUT2D eigenvalue weighted by Crippen LogP contribution is 2.41. The number of nitrogens with one attached hydrogen (secondary N) is 1. The number of anilines is 2. The number of halogens is 2. The molecule has 1 N–H and O–H groups in total. The topological polar surface area (TPSA) is 80.1 Å². The van der Waals surface area contributed by atoms with Crippen LogP contribution >= 0.6 is 11.6 Å². The van der Waals surface area contributed by atoms with E-state index in [2.05, 4.69) is 15.4 Å². The number of amides is 2. The molecule has 3 heterocycles. The summed E-state index contributed by atoms with van der Waals surface area (Å²) >= 11 is 6.07. The molecule has 1 fully saturated rings. The SMILES string of the molecule is O=C1[C@H]2CC=CC[C@@H]2C(=O)N1c1nc2n(n1)[C@H](c1ccc(F)cc1)C[C@@H](c1ccc(Cl)cc1)N2. The molecule has 2 aliphatic heterocycles. The molecule has 0 bridgehead atoms. The molecule has 0 saturated carbocycles. The van der Waals surface area contributed by atoms with Crippen molar-refractivity contribution < 1.29 is 14.0 Å². The predicted molar refractivity (Wildman–Crippen MR) is 125 cm³/mol. The molecular formula is C25H21ClFN5O2. The van der Waals surface area contributed by atoms with Crippen LogP contribution < -0.4 is 10.2 Å². The monoisotopic (exact) mass is 477 g/mol. The lowest BCUT2D eigenvalue weighted by Crippen LogP contribution is -2.32. The van der Waals surface area contributed by atoms with Crippen molar-refractivity contribution in [2.45, 2.75) is 31.3 Å². The summed E-state index contributed by atoms with van der Waals surface area (Å²) < 4.78 is 15.3. The predicted octanol–water partition coefficient (Wildman–Crippen LogP) is 4.67. The zero-order valence-electron chi connectivity index (χ0n) is 18.1. The number of hydrogen-bond donors (Lipinski definition) is 1. The molecule has 0 radical (unpaired) electrons. The van der Waals surface area contributed by atoms with Crippen LogP contribution in [-0.4, -0.2) is 26.6 Å². The first-order valence-corrected chi connectivity index (χ1v) is 11.6. The van der Waals surface area contributed by atoms with E-state index < -0.39 is 0 Å². The summed E-state index contributed by atoms with van der Waals surface area (Å²) in [6.45, 7) is 0. The second-order valence-corrected chi connectivity index (χ2v) is 9.34. The molecule has 34 heavy (non-hydrogen) atoms. The molecular weight excluding hydrogens is 457 g/mol. The minimum atomic E-state index is -0.360. The van der Waals surface area contributed by atoms with Gasteiger partial charge in [0.15, 0.2) is 0 Å². The summed E-state index contributed by atoms with van der Waals surface area (Å²) in [4.78, 5) is 31.9. The Hall–Kier alpha value is -3.52. The summed E-state index contributed by atoms with van der Waals surface area (Å²) in [5.74, 6) is -1.03. The molecule has 0 spiro atoms. The Morgan fingerprint density at radius 2 is 1.53 bits per heavy atom. The van der Waals surface area contributed by atoms with Crippen molar-refractivity contribution in [2.75, 3.05) is 10.2 Å². The van der Waals surface area contributed by atoms with Crippen LogP contribution in [0.5, 0.6) is 0 Å². The van der Waals surface area contributed by atoms with Crippen molar-refractivity contribution >= 4 is 35.3 Å². The third-order valence-electron chi connectivity index (χ3n) is 6.91. The van der Waals surface area contributed by atoms with Crippen molar-refractivity contribution in [1.82, 2.24) is 14.8 Å². The average Bonchev–Trinajstić information content (AvgIpc) is 3.38. The lowest BCUT2D eigenvalue weighted by Gasteiger charge is -2.31. The molecule has 4 atom stereocenters. The molecule has 172 valence electrons. The lowest BCUT2D eigenvalue weighted by molar-refractivity contribution is -0.122. The molecule has 6 rings (SSSR count). The number of hydrogen-bond acceptors (Lipinski definition) is 5. The summed E-state index contributed by atoms with van der Waals surface area (Å²) in [7, 11) is 0. The molecule has 7 nitrogen and oxygen atoms in total. The second kappa shape index (κ2) is 8.06. The molecule has 9 heteroatoms. The molecule has 3 aliphatic rings. The number of benzene rings is 2. The Labute approximate surface area is 200 Å². The van der Waals surface area contributed by atoms with Crippen LogP contribution in [0.4, 0.5) is 16.3 Å². The van der Waals surface area contributed by atoms with Crippen LogP contribution in [-0.2, 0) is 9.59 Å². The molecule has 1 aliphatic carbocycles. The van der Waals surface area contributed by atoms with E-state index in [0.29, 0.717) is 30.2 Å². The first-order valence-electron chi connectivity index (χ1n) is 11.3. The van der Waals surface area contributed by atoms with Gasteiger partial charge in [0.05, 0.1) is 23.9 Å². The highest BCUT2D eigenvalue weighted by Gasteiger charge is 2.49. The van der Waals surface area contributed by atoms with Gasteiger partial charge in [-0.25, -0.2) is 14.0 Å². The van der Waals surface area contributed by atoms with Crippen LogP contribution in [0.15, 0.2) is 60.7 Å². The lowest BCUT2D eigenvalue weighted by atomic mass is 9.85. The number of fused-ring (bicyclic) bond motifs is 2. The van der Waals surface area contributed by atoms with Crippen molar-refractivity contribution in [3.8, 4) is 0 Å². The summed E-state index contributed by atoms with van der Waals surface area (Å²) in [5, 5.41) is 8.64. The second-order valence-electron chi connectivity index (χ2n) is 8.90. The van der Waals surface area contributed by atoms with Crippen molar-refractivity contribution in [3.05, 3.63) is 82.6 Å². The first kappa shape index (κ1) is 21.0. The van der Waals surface area contributed by atoms with E-state index in [1.807, 2.05) is 36.4 Å². The number of carbonyl (C=O) groups is 2. The summed E-state index contributed by atoms with van der Waals surface area (Å²) in [6.07, 6.45) is 5.61. The van der Waals surface area contributed by atoms with Gasteiger partial charge in [0, 0.05) is 5.02 Å². The number of allylic oxidation sites excluding steroid dienone is 2. The van der Waals surface area contributed by atoms with Crippen LogP contribution in [0.3, 0.4) is 0 Å². The van der Waals surface area contributed by atoms with E-state index in [0.717, 1.165) is 16.0 Å². The third-order valence-corrected chi connectivity index (χ3v) is 7.16. The smallest absolute Gasteiger partial charge is 0.260 e. The quantitative estimate of drug-likeness (QED) is 0.438. The van der Waals surface area contributed by atoms with E-state index in [9.17, 15) is 14.0 Å². The zero-order valence-corrected chi connectivity index (χ0v) is 18.8. The molecule has 1 aromatic heterocycles. The molecule has 0 unspecified atom stereocenters. The van der Waals surface area contributed by atoms with E-state index >= 15 is 0 Å². The van der Waals surface area contributed by atoms with Gasteiger partial charge in [-0.1, -0.05) is 48.0 Å². The van der Waals surface area contributed by atoms with Gasteiger partial charge in [-0.3, -0.25) is 9.59 Å². The van der Waals surface area contributed by atoms with Gasteiger partial charge in [-0.05, 0) is 54.7 Å². The summed E-state index contributed by atoms with van der Waals surface area (Å²) in [5.41, 5.74) is 1.87. The largest absolute Gasteiger partial charge is 0.347 e. The Bertz CT molecular complexity index is 1280. The Morgan fingerprint density at radius 3 is 2.18 bits per heavy atom. The van der Waals surface area contributed by atoms with Gasteiger partial charge >= 0.3 is 0 Å². The van der Waals surface area contributed by atoms with Gasteiger partial charge < -0.3 is 5.32 Å². The molecule has 1 saturated heterocycles. The molecule has 3 aromatic rings. The van der Waals surface area contributed by atoms with E-state index in [1.54, 1.807) is 16.8 Å². The van der Waals surface area contributed by atoms with Crippen LogP contribution in [0.2, 0.25) is 5.02 Å². The first-order chi connectivity index (χ1) is 16.5. The van der Waals surface area contributed by atoms with Gasteiger partial charge in [0.25, 0.3) is 5.95 Å². The zero-order chi connectivity index (χ0) is 23.4. The average molecular weight is 478 g/mol. The maximum absolute atomic E-state index is 13.6. The highest BCUT2D eigenvalue weighted by molar-refractivity contribution is 6.30. The standard InChI is InChI=1S/C25H21ClFN5O2/c26-16-9-5-14(6-10-16)20-13-21(15-7-11-17(27)12-8-15)32-24(28-20)29-25(30-32)31-22(33)18-3-1-2-4-19(18)23(31)34/h1-2,5-12,18-21H,3-4,13H2,(H,28,29,30)/t18-,19-,20-,21-/m0/s1. The van der Waals surface area contributed by atoms with Crippen LogP contribution in [0, 0.1) is 17.7 Å². The number of aromatic nitrogens is 3. The van der Waals surface area contributed by atoms with Crippen molar-refractivity contribution in [3.63, 3.8) is 0 Å². The number of rotatable bonds is 3. The Balaban J connectivity index is 1.40. The van der Waals surface area contributed by atoms with Gasteiger partial charge in [-0.15, -0.1) is 5.10 Å². The maximum atomic E-state index is 13.6. The Morgan fingerprint density at radius 1 is 0.912 bits per heavy atom. The van der Waals surface area contributed by atoms with E-state index in [4.69, 9.17) is 11.6 Å². The molecule has 2 amide bonds. The fraction of sp³-hybridized carbons (Fsp3) is 0.280. The van der Waals surface area contributed by atoms with Crippen LogP contribution in [0.1, 0.15) is 42.5 Å². The minimum Gasteiger partial charge on any atom is -0.347 e. The van der Waals surface area contributed by atoms with Crippen LogP contribution in [0.25, 0.3) is 0 Å². The van der Waals surface area contributed by atoms with E-state index in [1.165, 1.54) is 12.1 Å². The number of nitrogens with zero attached hydrogens (tertiary/aromatic N) is 4. The number of imide groups is 1. The molecule has 2 aromatic carbocycles. The van der Waals surface area contributed by atoms with Crippen molar-refractivity contribution in [2.24, 2.45) is 11.8 Å². The highest BCUT2D eigenvalue weighted by atomic mass is 35.5. The number of carbonyl (C=O) groups excluding carboxylic acids is 2. The summed E-state index contributed by atoms with van der Waals surface area (Å²) in [6, 6.07) is 13.4.